The number of hydrogen-bond donors (Lipinski definition) is 3. The van der Waals surface area contributed by atoms with Gasteiger partial charge in [0.05, 0.1) is 19.8 Å². The van der Waals surface area contributed by atoms with E-state index in [1.807, 2.05) is 0 Å². The maximum atomic E-state index is 11.0. The fraction of sp³-hybridized carbons (Fsp3) is 0.556. The Hall–Kier alpha value is -1.40. The van der Waals surface area contributed by atoms with Gasteiger partial charge in [-0.05, 0) is 6.92 Å². The number of aromatic amines is 1. The SMILES string of the molecule is Cc1nc(NCCOCCO)cc(=O)[nH]1. The predicted octanol–water partition coefficient (Wildman–Crippen LogP) is -0.501. The second-order valence-corrected chi connectivity index (χ2v) is 2.98. The molecule has 0 saturated carbocycles. The van der Waals surface area contributed by atoms with Crippen molar-refractivity contribution in [3.05, 3.63) is 22.2 Å². The highest BCUT2D eigenvalue weighted by atomic mass is 16.5. The third-order valence-electron chi connectivity index (χ3n) is 1.65. The van der Waals surface area contributed by atoms with E-state index in [0.717, 1.165) is 0 Å². The fourth-order valence-electron chi connectivity index (χ4n) is 1.09. The second-order valence-electron chi connectivity index (χ2n) is 2.98. The van der Waals surface area contributed by atoms with Gasteiger partial charge in [-0.15, -0.1) is 0 Å². The molecule has 84 valence electrons. The normalized spacial score (nSPS) is 10.3. The lowest BCUT2D eigenvalue weighted by molar-refractivity contribution is 0.0992. The monoisotopic (exact) mass is 213 g/mol. The van der Waals surface area contributed by atoms with Crippen LogP contribution in [0.25, 0.3) is 0 Å². The molecule has 15 heavy (non-hydrogen) atoms. The number of aliphatic hydroxyl groups excluding tert-OH is 1. The van der Waals surface area contributed by atoms with Crippen molar-refractivity contribution in [2.24, 2.45) is 0 Å². The average Bonchev–Trinajstić information content (AvgIpc) is 2.16. The number of aliphatic hydroxyl groups is 1. The van der Waals surface area contributed by atoms with Gasteiger partial charge in [0.2, 0.25) is 0 Å². The maximum absolute atomic E-state index is 11.0. The number of rotatable bonds is 6. The summed E-state index contributed by atoms with van der Waals surface area (Å²) in [6, 6.07) is 1.39. The third kappa shape index (κ3) is 4.57. The molecule has 0 aliphatic heterocycles. The van der Waals surface area contributed by atoms with Crippen LogP contribution in [0.2, 0.25) is 0 Å². The van der Waals surface area contributed by atoms with Crippen LogP contribution in [0.4, 0.5) is 5.82 Å². The summed E-state index contributed by atoms with van der Waals surface area (Å²) in [6.07, 6.45) is 0. The number of ether oxygens (including phenoxy) is 1. The Morgan fingerprint density at radius 3 is 3.07 bits per heavy atom. The number of nitrogens with zero attached hydrogens (tertiary/aromatic N) is 1. The van der Waals surface area contributed by atoms with Crippen molar-refractivity contribution in [1.29, 1.82) is 0 Å². The largest absolute Gasteiger partial charge is 0.394 e. The summed E-state index contributed by atoms with van der Waals surface area (Å²) in [6.45, 7) is 3.07. The molecule has 0 spiro atoms. The third-order valence-corrected chi connectivity index (χ3v) is 1.65. The van der Waals surface area contributed by atoms with Crippen LogP contribution in [0.1, 0.15) is 5.82 Å². The molecule has 0 aliphatic carbocycles. The minimum absolute atomic E-state index is 0.0162. The Bertz CT molecular complexity index is 351. The first-order valence-corrected chi connectivity index (χ1v) is 4.73. The zero-order chi connectivity index (χ0) is 11.1. The van der Waals surface area contributed by atoms with E-state index < -0.39 is 0 Å². The number of hydrogen-bond acceptors (Lipinski definition) is 5. The lowest BCUT2D eigenvalue weighted by Crippen LogP contribution is -2.15. The molecule has 1 aromatic heterocycles. The molecule has 6 nitrogen and oxygen atoms in total. The van der Waals surface area contributed by atoms with Gasteiger partial charge in [-0.25, -0.2) is 4.98 Å². The Morgan fingerprint density at radius 2 is 2.40 bits per heavy atom. The molecular weight excluding hydrogens is 198 g/mol. The molecule has 3 N–H and O–H groups in total. The first kappa shape index (κ1) is 11.7. The molecule has 1 aromatic rings. The number of nitrogens with one attached hydrogen (secondary N) is 2. The molecule has 1 heterocycles. The van der Waals surface area contributed by atoms with E-state index in [-0.39, 0.29) is 12.2 Å². The number of aromatic nitrogens is 2. The van der Waals surface area contributed by atoms with E-state index in [4.69, 9.17) is 9.84 Å². The van der Waals surface area contributed by atoms with E-state index >= 15 is 0 Å². The zero-order valence-electron chi connectivity index (χ0n) is 8.62. The van der Waals surface area contributed by atoms with E-state index in [0.29, 0.717) is 31.4 Å². The van der Waals surface area contributed by atoms with Gasteiger partial charge in [0, 0.05) is 12.6 Å². The van der Waals surface area contributed by atoms with Crippen LogP contribution in [-0.2, 0) is 4.74 Å². The number of H-pyrrole nitrogens is 1. The van der Waals surface area contributed by atoms with Crippen molar-refractivity contribution in [3.8, 4) is 0 Å². The van der Waals surface area contributed by atoms with Crippen molar-refractivity contribution < 1.29 is 9.84 Å². The zero-order valence-corrected chi connectivity index (χ0v) is 8.62. The van der Waals surface area contributed by atoms with Crippen LogP contribution < -0.4 is 10.9 Å². The molecule has 0 radical (unpaired) electrons. The highest BCUT2D eigenvalue weighted by Gasteiger charge is 1.96. The van der Waals surface area contributed by atoms with Gasteiger partial charge in [-0.1, -0.05) is 0 Å². The first-order valence-electron chi connectivity index (χ1n) is 4.73. The van der Waals surface area contributed by atoms with Crippen LogP contribution in [0.5, 0.6) is 0 Å². The Morgan fingerprint density at radius 1 is 1.60 bits per heavy atom. The second kappa shape index (κ2) is 6.15. The van der Waals surface area contributed by atoms with Gasteiger partial charge in [0.25, 0.3) is 5.56 Å². The van der Waals surface area contributed by atoms with E-state index in [1.54, 1.807) is 6.92 Å². The van der Waals surface area contributed by atoms with Crippen molar-refractivity contribution in [2.45, 2.75) is 6.92 Å². The van der Waals surface area contributed by atoms with E-state index in [9.17, 15) is 4.79 Å². The van der Waals surface area contributed by atoms with Crippen LogP contribution >= 0.6 is 0 Å². The maximum Gasteiger partial charge on any atom is 0.252 e. The van der Waals surface area contributed by atoms with Gasteiger partial charge in [-0.3, -0.25) is 4.79 Å². The molecule has 0 saturated heterocycles. The summed E-state index contributed by atoms with van der Waals surface area (Å²) < 4.78 is 5.04. The molecule has 0 atom stereocenters. The minimum Gasteiger partial charge on any atom is -0.394 e. The van der Waals surface area contributed by atoms with Gasteiger partial charge >= 0.3 is 0 Å². The molecule has 0 aromatic carbocycles. The number of aryl methyl sites for hydroxylation is 1. The van der Waals surface area contributed by atoms with Crippen molar-refractivity contribution >= 4 is 5.82 Å². The smallest absolute Gasteiger partial charge is 0.252 e. The molecule has 0 unspecified atom stereocenters. The summed E-state index contributed by atoms with van der Waals surface area (Å²) in [5.74, 6) is 1.10. The first-order chi connectivity index (χ1) is 7.22. The van der Waals surface area contributed by atoms with Crippen LogP contribution in [-0.4, -0.2) is 41.4 Å². The van der Waals surface area contributed by atoms with Gasteiger partial charge in [0.1, 0.15) is 11.6 Å². The van der Waals surface area contributed by atoms with Crippen LogP contribution in [0.15, 0.2) is 10.9 Å². The summed E-state index contributed by atoms with van der Waals surface area (Å²) >= 11 is 0. The van der Waals surface area contributed by atoms with Crippen molar-refractivity contribution in [3.63, 3.8) is 0 Å². The van der Waals surface area contributed by atoms with Gasteiger partial charge in [-0.2, -0.15) is 0 Å². The van der Waals surface area contributed by atoms with E-state index in [2.05, 4.69) is 15.3 Å². The summed E-state index contributed by atoms with van der Waals surface area (Å²) in [7, 11) is 0. The molecule has 0 amide bonds. The van der Waals surface area contributed by atoms with E-state index in [1.165, 1.54) is 6.07 Å². The van der Waals surface area contributed by atoms with Crippen molar-refractivity contribution in [2.75, 3.05) is 31.7 Å². The lowest BCUT2D eigenvalue weighted by atomic mass is 10.5. The molecule has 0 fully saturated rings. The predicted molar refractivity (Wildman–Crippen MR) is 56.0 cm³/mol. The molecular formula is C9H15N3O3. The Kier molecular flexibility index (Phi) is 4.79. The molecule has 6 heteroatoms. The number of anilines is 1. The average molecular weight is 213 g/mol. The quantitative estimate of drug-likeness (QED) is 0.554. The standard InChI is InChI=1S/C9H15N3O3/c1-7-11-8(6-9(14)12-7)10-2-4-15-5-3-13/h6,13H,2-5H2,1H3,(H2,10,11,12,14). The Labute approximate surface area is 87.3 Å². The fourth-order valence-corrected chi connectivity index (χ4v) is 1.09. The lowest BCUT2D eigenvalue weighted by Gasteiger charge is -2.05. The highest BCUT2D eigenvalue weighted by Crippen LogP contribution is 1.96. The summed E-state index contributed by atoms with van der Waals surface area (Å²) in [5.41, 5.74) is -0.179. The molecule has 0 bridgehead atoms. The Balaban J connectivity index is 2.34. The van der Waals surface area contributed by atoms with Crippen LogP contribution in [0, 0.1) is 6.92 Å². The van der Waals surface area contributed by atoms with Crippen LogP contribution in [0.3, 0.4) is 0 Å². The summed E-state index contributed by atoms with van der Waals surface area (Å²) in [5, 5.41) is 11.4. The van der Waals surface area contributed by atoms with Crippen molar-refractivity contribution in [1.82, 2.24) is 9.97 Å². The molecule has 1 rings (SSSR count). The highest BCUT2D eigenvalue weighted by molar-refractivity contribution is 5.32. The summed E-state index contributed by atoms with van der Waals surface area (Å²) in [4.78, 5) is 17.7. The molecule has 0 aliphatic rings. The minimum atomic E-state index is -0.179. The van der Waals surface area contributed by atoms with Gasteiger partial charge < -0.3 is 20.1 Å². The topological polar surface area (TPSA) is 87.2 Å². The van der Waals surface area contributed by atoms with Gasteiger partial charge in [0.15, 0.2) is 0 Å².